The zero-order valence-corrected chi connectivity index (χ0v) is 15.4. The van der Waals surface area contributed by atoms with Crippen molar-refractivity contribution >= 4 is 37.3 Å². The highest BCUT2D eigenvalue weighted by molar-refractivity contribution is 7.94. The number of carbonyl (C=O) groups is 1. The van der Waals surface area contributed by atoms with E-state index in [1.165, 1.54) is 10.1 Å². The lowest BCUT2D eigenvalue weighted by Crippen LogP contribution is -2.38. The average molecular weight is 377 g/mol. The minimum Gasteiger partial charge on any atom is -0.343 e. The van der Waals surface area contributed by atoms with Gasteiger partial charge >= 0.3 is 0 Å². The van der Waals surface area contributed by atoms with Crippen molar-refractivity contribution in [3.8, 4) is 0 Å². The highest BCUT2D eigenvalue weighted by Gasteiger charge is 2.29. The van der Waals surface area contributed by atoms with Crippen molar-refractivity contribution in [3.05, 3.63) is 40.8 Å². The minimum atomic E-state index is -3.09. The second kappa shape index (κ2) is 6.53. The van der Waals surface area contributed by atoms with Crippen LogP contribution in [0, 0.1) is 5.92 Å². The number of aromatic nitrogens is 1. The quantitative estimate of drug-likeness (QED) is 0.826. The third-order valence-electron chi connectivity index (χ3n) is 4.95. The average Bonchev–Trinajstić information content (AvgIpc) is 3.18. The predicted octanol–water partition coefficient (Wildman–Crippen LogP) is 2.95. The molecule has 0 unspecified atom stereocenters. The van der Waals surface area contributed by atoms with E-state index < -0.39 is 9.84 Å². The smallest absolute Gasteiger partial charge is 0.223 e. The van der Waals surface area contributed by atoms with Crippen molar-refractivity contribution in [2.75, 3.05) is 18.8 Å². The standard InChI is InChI=1S/C18H20N2O3S2/c21-17(11-13-7-10-25(22,23)12-13)20-8-5-14(6-9-20)18-19-15-3-1-2-4-16(15)24-18/h1-4,7,10,13-14H,5-6,8-9,11-12H2/t13-/m1/s1. The van der Waals surface area contributed by atoms with Crippen LogP contribution in [0.1, 0.15) is 30.2 Å². The van der Waals surface area contributed by atoms with Gasteiger partial charge in [0.2, 0.25) is 5.91 Å². The number of sulfone groups is 1. The van der Waals surface area contributed by atoms with Crippen LogP contribution in [0.2, 0.25) is 0 Å². The van der Waals surface area contributed by atoms with Crippen molar-refractivity contribution in [1.82, 2.24) is 9.88 Å². The Morgan fingerprint density at radius 2 is 2.00 bits per heavy atom. The van der Waals surface area contributed by atoms with Crippen LogP contribution in [0.15, 0.2) is 35.7 Å². The van der Waals surface area contributed by atoms with Crippen LogP contribution in [0.25, 0.3) is 10.2 Å². The number of amides is 1. The van der Waals surface area contributed by atoms with Crippen LogP contribution >= 0.6 is 11.3 Å². The zero-order valence-electron chi connectivity index (χ0n) is 13.8. The van der Waals surface area contributed by atoms with Crippen LogP contribution in [0.5, 0.6) is 0 Å². The number of fused-ring (bicyclic) bond motifs is 1. The Bertz CT molecular complexity index is 892. The van der Waals surface area contributed by atoms with Gasteiger partial charge in [0.25, 0.3) is 0 Å². The van der Waals surface area contributed by atoms with Crippen molar-refractivity contribution in [2.45, 2.75) is 25.2 Å². The van der Waals surface area contributed by atoms with Gasteiger partial charge in [-0.05, 0) is 25.0 Å². The molecule has 2 aliphatic heterocycles. The molecule has 5 nitrogen and oxygen atoms in total. The highest BCUT2D eigenvalue weighted by Crippen LogP contribution is 2.34. The summed E-state index contributed by atoms with van der Waals surface area (Å²) in [6, 6.07) is 8.17. The van der Waals surface area contributed by atoms with Crippen LogP contribution in [-0.4, -0.2) is 43.1 Å². The molecule has 2 aliphatic rings. The number of para-hydroxylation sites is 1. The summed E-state index contributed by atoms with van der Waals surface area (Å²) in [7, 11) is -3.09. The zero-order chi connectivity index (χ0) is 17.4. The molecule has 0 spiro atoms. The molecule has 0 N–H and O–H groups in total. The summed E-state index contributed by atoms with van der Waals surface area (Å²) in [6.45, 7) is 1.45. The minimum absolute atomic E-state index is 0.0644. The first-order chi connectivity index (χ1) is 12.0. The number of benzene rings is 1. The largest absolute Gasteiger partial charge is 0.343 e. The maximum absolute atomic E-state index is 12.4. The van der Waals surface area contributed by atoms with Crippen LogP contribution < -0.4 is 0 Å². The topological polar surface area (TPSA) is 67.3 Å². The van der Waals surface area contributed by atoms with Crippen LogP contribution in [-0.2, 0) is 14.6 Å². The van der Waals surface area contributed by atoms with E-state index in [0.29, 0.717) is 12.3 Å². The lowest BCUT2D eigenvalue weighted by atomic mass is 9.96. The third kappa shape index (κ3) is 3.62. The highest BCUT2D eigenvalue weighted by atomic mass is 32.2. The molecule has 1 amide bonds. The summed E-state index contributed by atoms with van der Waals surface area (Å²) >= 11 is 1.75. The molecule has 1 aromatic heterocycles. The van der Waals surface area contributed by atoms with Gasteiger partial charge in [0.15, 0.2) is 9.84 Å². The molecule has 1 atom stereocenters. The van der Waals surface area contributed by atoms with Crippen molar-refractivity contribution < 1.29 is 13.2 Å². The molecule has 4 rings (SSSR count). The number of rotatable bonds is 3. The molecule has 1 saturated heterocycles. The second-order valence-electron chi connectivity index (χ2n) is 6.80. The van der Waals surface area contributed by atoms with Gasteiger partial charge in [0, 0.05) is 36.8 Å². The molecule has 3 heterocycles. The summed E-state index contributed by atoms with van der Waals surface area (Å²) in [5, 5.41) is 2.41. The molecule has 25 heavy (non-hydrogen) atoms. The number of allylic oxidation sites excluding steroid dienone is 1. The Morgan fingerprint density at radius 3 is 2.68 bits per heavy atom. The molecule has 1 fully saturated rings. The Hall–Kier alpha value is -1.73. The van der Waals surface area contributed by atoms with Gasteiger partial charge in [0.05, 0.1) is 21.0 Å². The van der Waals surface area contributed by atoms with Gasteiger partial charge in [-0.2, -0.15) is 0 Å². The summed E-state index contributed by atoms with van der Waals surface area (Å²) in [4.78, 5) is 19.1. The monoisotopic (exact) mass is 376 g/mol. The van der Waals surface area contributed by atoms with E-state index in [0.717, 1.165) is 36.5 Å². The number of likely N-dealkylation sites (tertiary alicyclic amines) is 1. The third-order valence-corrected chi connectivity index (χ3v) is 7.61. The molecule has 0 radical (unpaired) electrons. The first kappa shape index (κ1) is 16.7. The van der Waals surface area contributed by atoms with Gasteiger partial charge in [-0.15, -0.1) is 11.3 Å². The Balaban J connectivity index is 1.35. The summed E-state index contributed by atoms with van der Waals surface area (Å²) < 4.78 is 24.1. The lowest BCUT2D eigenvalue weighted by molar-refractivity contribution is -0.132. The van der Waals surface area contributed by atoms with E-state index in [4.69, 9.17) is 4.98 Å². The molecular weight excluding hydrogens is 356 g/mol. The normalized spacial score (nSPS) is 23.4. The van der Waals surface area contributed by atoms with E-state index in [1.54, 1.807) is 17.4 Å². The predicted molar refractivity (Wildman–Crippen MR) is 99.2 cm³/mol. The van der Waals surface area contributed by atoms with Gasteiger partial charge in [-0.3, -0.25) is 4.79 Å². The number of thiazole rings is 1. The van der Waals surface area contributed by atoms with Crippen molar-refractivity contribution in [3.63, 3.8) is 0 Å². The molecule has 0 bridgehead atoms. The summed E-state index contributed by atoms with van der Waals surface area (Å²) in [5.41, 5.74) is 1.05. The van der Waals surface area contributed by atoms with Gasteiger partial charge in [-0.25, -0.2) is 13.4 Å². The van der Waals surface area contributed by atoms with Crippen molar-refractivity contribution in [2.24, 2.45) is 5.92 Å². The number of hydrogen-bond acceptors (Lipinski definition) is 5. The van der Waals surface area contributed by atoms with E-state index in [2.05, 4.69) is 6.07 Å². The molecule has 0 aliphatic carbocycles. The fourth-order valence-electron chi connectivity index (χ4n) is 3.56. The number of piperidine rings is 1. The number of nitrogens with zero attached hydrogens (tertiary/aromatic N) is 2. The molecule has 0 saturated carbocycles. The van der Waals surface area contributed by atoms with E-state index in [9.17, 15) is 13.2 Å². The summed E-state index contributed by atoms with van der Waals surface area (Å²) in [5.74, 6) is 0.378. The number of carbonyl (C=O) groups excluding carboxylic acids is 1. The second-order valence-corrected chi connectivity index (χ2v) is 9.79. The van der Waals surface area contributed by atoms with E-state index in [-0.39, 0.29) is 17.6 Å². The van der Waals surface area contributed by atoms with Gasteiger partial charge in [0.1, 0.15) is 0 Å². The Labute approximate surface area is 151 Å². The van der Waals surface area contributed by atoms with Crippen LogP contribution in [0.3, 0.4) is 0 Å². The van der Waals surface area contributed by atoms with Crippen LogP contribution in [0.4, 0.5) is 0 Å². The summed E-state index contributed by atoms with van der Waals surface area (Å²) in [6.07, 6.45) is 3.79. The first-order valence-corrected chi connectivity index (χ1v) is 11.1. The Morgan fingerprint density at radius 1 is 1.24 bits per heavy atom. The fraction of sp³-hybridized carbons (Fsp3) is 0.444. The molecule has 1 aromatic carbocycles. The maximum atomic E-state index is 12.4. The van der Waals surface area contributed by atoms with E-state index in [1.807, 2.05) is 23.1 Å². The van der Waals surface area contributed by atoms with E-state index >= 15 is 0 Å². The molecule has 132 valence electrons. The molecule has 7 heteroatoms. The van der Waals surface area contributed by atoms with Gasteiger partial charge < -0.3 is 4.90 Å². The fourth-order valence-corrected chi connectivity index (χ4v) is 6.10. The van der Waals surface area contributed by atoms with Crippen molar-refractivity contribution in [1.29, 1.82) is 0 Å². The first-order valence-electron chi connectivity index (χ1n) is 8.54. The SMILES string of the molecule is O=C(C[C@H]1C=CS(=O)(=O)C1)N1CCC(c2nc3ccccc3s2)CC1. The Kier molecular flexibility index (Phi) is 4.37. The molecule has 2 aromatic rings. The van der Waals surface area contributed by atoms with Gasteiger partial charge in [-0.1, -0.05) is 18.2 Å². The maximum Gasteiger partial charge on any atom is 0.223 e. The molecular formula is C18H20N2O3S2. The number of hydrogen-bond donors (Lipinski definition) is 0. The lowest BCUT2D eigenvalue weighted by Gasteiger charge is -2.31.